The molecule has 0 aromatic carbocycles. The SMILES string of the molecule is Cc1ccc(CNC(=O)c2cc(N)c(C)s2)s1. The summed E-state index contributed by atoms with van der Waals surface area (Å²) in [6, 6.07) is 5.82. The topological polar surface area (TPSA) is 55.1 Å². The Morgan fingerprint density at radius 1 is 1.35 bits per heavy atom. The summed E-state index contributed by atoms with van der Waals surface area (Å²) in [6.45, 7) is 4.55. The molecule has 3 nitrogen and oxygen atoms in total. The molecule has 2 heterocycles. The molecule has 0 atom stereocenters. The zero-order chi connectivity index (χ0) is 12.4. The largest absolute Gasteiger partial charge is 0.398 e. The molecular weight excluding hydrogens is 252 g/mol. The van der Waals surface area contributed by atoms with Gasteiger partial charge in [-0.25, -0.2) is 0 Å². The Balaban J connectivity index is 1.98. The lowest BCUT2D eigenvalue weighted by molar-refractivity contribution is 0.0955. The van der Waals surface area contributed by atoms with Gasteiger partial charge in [-0.3, -0.25) is 4.79 Å². The number of carbonyl (C=O) groups is 1. The summed E-state index contributed by atoms with van der Waals surface area (Å²) in [4.78, 5) is 15.9. The van der Waals surface area contributed by atoms with E-state index in [1.165, 1.54) is 16.2 Å². The van der Waals surface area contributed by atoms with Crippen molar-refractivity contribution in [2.45, 2.75) is 20.4 Å². The van der Waals surface area contributed by atoms with E-state index >= 15 is 0 Å². The quantitative estimate of drug-likeness (QED) is 0.897. The van der Waals surface area contributed by atoms with Crippen LogP contribution in [0, 0.1) is 13.8 Å². The molecule has 1 amide bonds. The number of carbonyl (C=O) groups excluding carboxylic acids is 1. The molecule has 0 spiro atoms. The first-order valence-corrected chi connectivity index (χ1v) is 6.89. The van der Waals surface area contributed by atoms with Gasteiger partial charge in [-0.15, -0.1) is 22.7 Å². The zero-order valence-electron chi connectivity index (χ0n) is 9.74. The van der Waals surface area contributed by atoms with Crippen molar-refractivity contribution in [3.8, 4) is 0 Å². The predicted molar refractivity (Wildman–Crippen MR) is 73.7 cm³/mol. The van der Waals surface area contributed by atoms with Crippen molar-refractivity contribution in [3.63, 3.8) is 0 Å². The maximum Gasteiger partial charge on any atom is 0.261 e. The van der Waals surface area contributed by atoms with E-state index in [-0.39, 0.29) is 5.91 Å². The minimum absolute atomic E-state index is 0.0548. The van der Waals surface area contributed by atoms with Crippen LogP contribution in [0.25, 0.3) is 0 Å². The molecular formula is C12H14N2OS2. The van der Waals surface area contributed by atoms with Crippen LogP contribution in [0.5, 0.6) is 0 Å². The summed E-state index contributed by atoms with van der Waals surface area (Å²) < 4.78 is 0. The summed E-state index contributed by atoms with van der Waals surface area (Å²) in [7, 11) is 0. The maximum atomic E-state index is 11.8. The lowest BCUT2D eigenvalue weighted by Gasteiger charge is -2.00. The Kier molecular flexibility index (Phi) is 3.49. The van der Waals surface area contributed by atoms with Crippen molar-refractivity contribution in [1.82, 2.24) is 5.32 Å². The molecule has 17 heavy (non-hydrogen) atoms. The molecule has 3 N–H and O–H groups in total. The second-order valence-corrected chi connectivity index (χ2v) is 6.45. The van der Waals surface area contributed by atoms with Gasteiger partial charge in [0.2, 0.25) is 0 Å². The second kappa shape index (κ2) is 4.89. The summed E-state index contributed by atoms with van der Waals surface area (Å²) in [5.74, 6) is -0.0548. The summed E-state index contributed by atoms with van der Waals surface area (Å²) in [5, 5.41) is 2.90. The minimum Gasteiger partial charge on any atom is -0.398 e. The first-order valence-electron chi connectivity index (χ1n) is 5.25. The molecule has 5 heteroatoms. The van der Waals surface area contributed by atoms with Crippen LogP contribution in [0.15, 0.2) is 18.2 Å². The van der Waals surface area contributed by atoms with Gasteiger partial charge in [0.25, 0.3) is 5.91 Å². The number of aryl methyl sites for hydroxylation is 2. The normalized spacial score (nSPS) is 10.5. The van der Waals surface area contributed by atoms with Crippen molar-refractivity contribution < 1.29 is 4.79 Å². The standard InChI is InChI=1S/C12H14N2OS2/c1-7-3-4-9(16-7)6-14-12(15)11-5-10(13)8(2)17-11/h3-5H,6,13H2,1-2H3,(H,14,15). The van der Waals surface area contributed by atoms with Crippen molar-refractivity contribution in [3.05, 3.63) is 37.7 Å². The number of amides is 1. The van der Waals surface area contributed by atoms with Gasteiger partial charge < -0.3 is 11.1 Å². The minimum atomic E-state index is -0.0548. The first-order chi connectivity index (χ1) is 8.06. The molecule has 0 saturated carbocycles. The van der Waals surface area contributed by atoms with Gasteiger partial charge in [-0.1, -0.05) is 0 Å². The van der Waals surface area contributed by atoms with Gasteiger partial charge in [0.1, 0.15) is 0 Å². The zero-order valence-corrected chi connectivity index (χ0v) is 11.4. The average molecular weight is 266 g/mol. The van der Waals surface area contributed by atoms with Crippen LogP contribution in [0.3, 0.4) is 0 Å². The number of hydrogen-bond donors (Lipinski definition) is 2. The molecule has 90 valence electrons. The summed E-state index contributed by atoms with van der Waals surface area (Å²) >= 11 is 3.13. The average Bonchev–Trinajstić information content (AvgIpc) is 2.83. The molecule has 0 aliphatic rings. The lowest BCUT2D eigenvalue weighted by atomic mass is 10.3. The molecule has 2 aromatic heterocycles. The van der Waals surface area contributed by atoms with E-state index in [0.717, 1.165) is 9.75 Å². The third-order valence-electron chi connectivity index (χ3n) is 2.40. The van der Waals surface area contributed by atoms with Crippen LogP contribution in [0.4, 0.5) is 5.69 Å². The fourth-order valence-corrected chi connectivity index (χ4v) is 3.13. The fraction of sp³-hybridized carbons (Fsp3) is 0.250. The Morgan fingerprint density at radius 3 is 2.65 bits per heavy atom. The molecule has 0 saturated heterocycles. The molecule has 0 radical (unpaired) electrons. The number of rotatable bonds is 3. The molecule has 2 aromatic rings. The number of nitrogen functional groups attached to an aromatic ring is 1. The van der Waals surface area contributed by atoms with Gasteiger partial charge in [0.05, 0.1) is 11.4 Å². The van der Waals surface area contributed by atoms with Crippen LogP contribution in [0.2, 0.25) is 0 Å². The molecule has 0 fully saturated rings. The Morgan fingerprint density at radius 2 is 2.12 bits per heavy atom. The smallest absolute Gasteiger partial charge is 0.261 e. The fourth-order valence-electron chi connectivity index (χ4n) is 1.44. The Hall–Kier alpha value is -1.33. The van der Waals surface area contributed by atoms with Crippen molar-refractivity contribution in [1.29, 1.82) is 0 Å². The van der Waals surface area contributed by atoms with Crippen LogP contribution in [-0.4, -0.2) is 5.91 Å². The third kappa shape index (κ3) is 2.87. The highest BCUT2D eigenvalue weighted by Gasteiger charge is 2.10. The summed E-state index contributed by atoms with van der Waals surface area (Å²) in [5.41, 5.74) is 6.41. The van der Waals surface area contributed by atoms with Crippen molar-refractivity contribution in [2.75, 3.05) is 5.73 Å². The maximum absolute atomic E-state index is 11.8. The van der Waals surface area contributed by atoms with E-state index in [1.807, 2.05) is 13.0 Å². The van der Waals surface area contributed by atoms with E-state index in [4.69, 9.17) is 5.73 Å². The molecule has 0 bridgehead atoms. The monoisotopic (exact) mass is 266 g/mol. The van der Waals surface area contributed by atoms with Gasteiger partial charge in [0.15, 0.2) is 0 Å². The molecule has 0 aliphatic heterocycles. The predicted octanol–water partition coefficient (Wildman–Crippen LogP) is 2.94. The molecule has 2 rings (SSSR count). The number of anilines is 1. The van der Waals surface area contributed by atoms with Gasteiger partial charge in [-0.05, 0) is 32.0 Å². The second-order valence-electron chi connectivity index (χ2n) is 3.82. The number of thiophene rings is 2. The van der Waals surface area contributed by atoms with Gasteiger partial charge in [0, 0.05) is 20.3 Å². The first kappa shape index (κ1) is 12.1. The Bertz CT molecular complexity index is 523. The van der Waals surface area contributed by atoms with Crippen LogP contribution < -0.4 is 11.1 Å². The highest BCUT2D eigenvalue weighted by molar-refractivity contribution is 7.14. The van der Waals surface area contributed by atoms with E-state index in [1.54, 1.807) is 17.4 Å². The number of nitrogens with two attached hydrogens (primary N) is 1. The van der Waals surface area contributed by atoms with E-state index < -0.39 is 0 Å². The molecule has 0 unspecified atom stereocenters. The van der Waals surface area contributed by atoms with E-state index in [0.29, 0.717) is 17.1 Å². The Labute approximate surface area is 108 Å². The van der Waals surface area contributed by atoms with Crippen LogP contribution >= 0.6 is 22.7 Å². The van der Waals surface area contributed by atoms with E-state index in [2.05, 4.69) is 18.3 Å². The number of nitrogens with one attached hydrogen (secondary N) is 1. The van der Waals surface area contributed by atoms with E-state index in [9.17, 15) is 4.79 Å². The van der Waals surface area contributed by atoms with Crippen molar-refractivity contribution >= 4 is 34.3 Å². The van der Waals surface area contributed by atoms with Crippen LogP contribution in [-0.2, 0) is 6.54 Å². The molecule has 0 aliphatic carbocycles. The number of hydrogen-bond acceptors (Lipinski definition) is 4. The van der Waals surface area contributed by atoms with Gasteiger partial charge >= 0.3 is 0 Å². The summed E-state index contributed by atoms with van der Waals surface area (Å²) in [6.07, 6.45) is 0. The van der Waals surface area contributed by atoms with Crippen LogP contribution in [0.1, 0.15) is 24.3 Å². The lowest BCUT2D eigenvalue weighted by Crippen LogP contribution is -2.21. The van der Waals surface area contributed by atoms with Gasteiger partial charge in [-0.2, -0.15) is 0 Å². The highest BCUT2D eigenvalue weighted by Crippen LogP contribution is 2.23. The highest BCUT2D eigenvalue weighted by atomic mass is 32.1. The van der Waals surface area contributed by atoms with Crippen molar-refractivity contribution in [2.24, 2.45) is 0 Å². The third-order valence-corrected chi connectivity index (χ3v) is 4.46.